The molecule has 2 rings (SSSR count). The largest absolute Gasteiger partial charge is 0.313 e. The smallest absolute Gasteiger partial charge is 0.0348 e. The van der Waals surface area contributed by atoms with E-state index in [4.69, 9.17) is 0 Å². The Morgan fingerprint density at radius 2 is 1.95 bits per heavy atom. The molecule has 0 aromatic heterocycles. The molecular weight excluding hydrogens is 256 g/mol. The molecular formula is C19H32N2. The highest BCUT2D eigenvalue weighted by Crippen LogP contribution is 2.26. The lowest BCUT2D eigenvalue weighted by atomic mass is 9.98. The Labute approximate surface area is 130 Å². The van der Waals surface area contributed by atoms with E-state index < -0.39 is 0 Å². The van der Waals surface area contributed by atoms with E-state index in [1.54, 1.807) is 0 Å². The lowest BCUT2D eigenvalue weighted by Crippen LogP contribution is -2.45. The van der Waals surface area contributed by atoms with Crippen molar-refractivity contribution in [3.05, 3.63) is 35.9 Å². The molecule has 1 N–H and O–H groups in total. The molecule has 0 saturated carbocycles. The van der Waals surface area contributed by atoms with Gasteiger partial charge in [-0.05, 0) is 44.3 Å². The van der Waals surface area contributed by atoms with Gasteiger partial charge in [0.15, 0.2) is 0 Å². The Hall–Kier alpha value is -0.860. The van der Waals surface area contributed by atoms with E-state index in [1.807, 2.05) is 0 Å². The summed E-state index contributed by atoms with van der Waals surface area (Å²) >= 11 is 0. The maximum Gasteiger partial charge on any atom is 0.0348 e. The summed E-state index contributed by atoms with van der Waals surface area (Å²) in [6.07, 6.45) is 7.82. The molecule has 0 amide bonds. The van der Waals surface area contributed by atoms with Gasteiger partial charge in [-0.15, -0.1) is 0 Å². The second-order valence-corrected chi connectivity index (χ2v) is 6.36. The monoisotopic (exact) mass is 288 g/mol. The van der Waals surface area contributed by atoms with E-state index in [2.05, 4.69) is 54.4 Å². The molecule has 2 nitrogen and oxygen atoms in total. The van der Waals surface area contributed by atoms with Gasteiger partial charge < -0.3 is 5.32 Å². The molecule has 0 aliphatic carbocycles. The van der Waals surface area contributed by atoms with Crippen LogP contribution >= 0.6 is 0 Å². The van der Waals surface area contributed by atoms with Crippen molar-refractivity contribution in [3.8, 4) is 0 Å². The van der Waals surface area contributed by atoms with Crippen LogP contribution in [0.3, 0.4) is 0 Å². The van der Waals surface area contributed by atoms with Crippen LogP contribution in [0.5, 0.6) is 0 Å². The van der Waals surface area contributed by atoms with E-state index in [1.165, 1.54) is 63.7 Å². The Balaban J connectivity index is 2.07. The zero-order valence-electron chi connectivity index (χ0n) is 13.9. The van der Waals surface area contributed by atoms with Gasteiger partial charge in [0.1, 0.15) is 0 Å². The summed E-state index contributed by atoms with van der Waals surface area (Å²) in [5, 5.41) is 3.71. The average Bonchev–Trinajstić information content (AvgIpc) is 2.54. The first kappa shape index (κ1) is 16.5. The number of piperidine rings is 1. The Kier molecular flexibility index (Phi) is 7.25. The Morgan fingerprint density at radius 3 is 2.57 bits per heavy atom. The summed E-state index contributed by atoms with van der Waals surface area (Å²) in [4.78, 5) is 2.72. The number of benzene rings is 1. The summed E-state index contributed by atoms with van der Waals surface area (Å²) in [5.74, 6) is 0. The van der Waals surface area contributed by atoms with Crippen LogP contribution < -0.4 is 5.32 Å². The number of hydrogen-bond acceptors (Lipinski definition) is 2. The fraction of sp³-hybridized carbons (Fsp3) is 0.684. The first-order valence-corrected chi connectivity index (χ1v) is 8.87. The standard InChI is InChI=1S/C19H32N2/c1-3-10-19(17-11-6-5-7-12-17)21(15-4-2)16-18-13-8-9-14-20-18/h5-7,11-12,18-20H,3-4,8-10,13-16H2,1-2H3. The fourth-order valence-corrected chi connectivity index (χ4v) is 3.53. The third-order valence-corrected chi connectivity index (χ3v) is 4.57. The van der Waals surface area contributed by atoms with Gasteiger partial charge in [0.2, 0.25) is 0 Å². The van der Waals surface area contributed by atoms with Gasteiger partial charge in [0, 0.05) is 18.6 Å². The molecule has 1 aliphatic heterocycles. The fourth-order valence-electron chi connectivity index (χ4n) is 3.53. The van der Waals surface area contributed by atoms with E-state index in [0.29, 0.717) is 12.1 Å². The van der Waals surface area contributed by atoms with Crippen molar-refractivity contribution in [2.45, 2.75) is 64.5 Å². The molecule has 0 radical (unpaired) electrons. The van der Waals surface area contributed by atoms with Gasteiger partial charge >= 0.3 is 0 Å². The number of rotatable bonds is 8. The van der Waals surface area contributed by atoms with Crippen LogP contribution in [-0.4, -0.2) is 30.6 Å². The normalized spacial score (nSPS) is 20.6. The molecule has 0 bridgehead atoms. The highest BCUT2D eigenvalue weighted by atomic mass is 15.2. The van der Waals surface area contributed by atoms with Crippen molar-refractivity contribution in [3.63, 3.8) is 0 Å². The topological polar surface area (TPSA) is 15.3 Å². The van der Waals surface area contributed by atoms with Crippen molar-refractivity contribution < 1.29 is 0 Å². The van der Waals surface area contributed by atoms with Gasteiger partial charge in [0.25, 0.3) is 0 Å². The zero-order valence-corrected chi connectivity index (χ0v) is 13.9. The average molecular weight is 288 g/mol. The van der Waals surface area contributed by atoms with E-state index in [-0.39, 0.29) is 0 Å². The van der Waals surface area contributed by atoms with Crippen molar-refractivity contribution in [2.24, 2.45) is 0 Å². The summed E-state index contributed by atoms with van der Waals surface area (Å²) < 4.78 is 0. The van der Waals surface area contributed by atoms with Crippen LogP contribution in [0.25, 0.3) is 0 Å². The third kappa shape index (κ3) is 5.12. The molecule has 1 saturated heterocycles. The minimum atomic E-state index is 0.583. The number of nitrogens with zero attached hydrogens (tertiary/aromatic N) is 1. The summed E-state index contributed by atoms with van der Waals surface area (Å²) in [6.45, 7) is 8.22. The van der Waals surface area contributed by atoms with Crippen LogP contribution in [0.1, 0.15) is 64.0 Å². The number of hydrogen-bond donors (Lipinski definition) is 1. The molecule has 1 aliphatic rings. The van der Waals surface area contributed by atoms with Gasteiger partial charge in [-0.25, -0.2) is 0 Å². The van der Waals surface area contributed by atoms with Gasteiger partial charge in [0.05, 0.1) is 0 Å². The minimum absolute atomic E-state index is 0.583. The predicted octanol–water partition coefficient (Wildman–Crippen LogP) is 4.38. The molecule has 1 aromatic rings. The molecule has 2 heteroatoms. The van der Waals surface area contributed by atoms with E-state index in [9.17, 15) is 0 Å². The van der Waals surface area contributed by atoms with Gasteiger partial charge in [-0.3, -0.25) is 4.90 Å². The van der Waals surface area contributed by atoms with Gasteiger partial charge in [-0.2, -0.15) is 0 Å². The summed E-state index contributed by atoms with van der Waals surface area (Å²) in [5.41, 5.74) is 1.49. The van der Waals surface area contributed by atoms with Crippen LogP contribution in [-0.2, 0) is 0 Å². The summed E-state index contributed by atoms with van der Waals surface area (Å²) in [7, 11) is 0. The molecule has 21 heavy (non-hydrogen) atoms. The summed E-state index contributed by atoms with van der Waals surface area (Å²) in [6, 6.07) is 12.4. The SMILES string of the molecule is CCCC(c1ccccc1)N(CCC)CC1CCCCN1. The molecule has 0 spiro atoms. The van der Waals surface area contributed by atoms with Crippen molar-refractivity contribution in [1.29, 1.82) is 0 Å². The van der Waals surface area contributed by atoms with Crippen molar-refractivity contribution in [2.75, 3.05) is 19.6 Å². The Morgan fingerprint density at radius 1 is 1.14 bits per heavy atom. The molecule has 118 valence electrons. The second kappa shape index (κ2) is 9.22. The minimum Gasteiger partial charge on any atom is -0.313 e. The molecule has 1 aromatic carbocycles. The third-order valence-electron chi connectivity index (χ3n) is 4.57. The van der Waals surface area contributed by atoms with Crippen LogP contribution in [0.15, 0.2) is 30.3 Å². The van der Waals surface area contributed by atoms with Crippen molar-refractivity contribution >= 4 is 0 Å². The quantitative estimate of drug-likeness (QED) is 0.763. The number of nitrogens with one attached hydrogen (secondary N) is 1. The first-order valence-electron chi connectivity index (χ1n) is 8.87. The lowest BCUT2D eigenvalue weighted by Gasteiger charge is -2.36. The van der Waals surface area contributed by atoms with Crippen LogP contribution in [0, 0.1) is 0 Å². The molecule has 1 heterocycles. The predicted molar refractivity (Wildman–Crippen MR) is 91.6 cm³/mol. The highest BCUT2D eigenvalue weighted by Gasteiger charge is 2.23. The van der Waals surface area contributed by atoms with Gasteiger partial charge in [-0.1, -0.05) is 57.0 Å². The molecule has 2 unspecified atom stereocenters. The maximum atomic E-state index is 3.71. The van der Waals surface area contributed by atoms with E-state index >= 15 is 0 Å². The molecule has 2 atom stereocenters. The second-order valence-electron chi connectivity index (χ2n) is 6.36. The first-order chi connectivity index (χ1) is 10.3. The van der Waals surface area contributed by atoms with Crippen LogP contribution in [0.4, 0.5) is 0 Å². The Bertz CT molecular complexity index is 370. The van der Waals surface area contributed by atoms with E-state index in [0.717, 1.165) is 0 Å². The van der Waals surface area contributed by atoms with Crippen LogP contribution in [0.2, 0.25) is 0 Å². The molecule has 1 fully saturated rings. The highest BCUT2D eigenvalue weighted by molar-refractivity contribution is 5.19. The maximum absolute atomic E-state index is 3.71. The van der Waals surface area contributed by atoms with Crippen molar-refractivity contribution in [1.82, 2.24) is 10.2 Å². The lowest BCUT2D eigenvalue weighted by molar-refractivity contribution is 0.157. The zero-order chi connectivity index (χ0) is 14.9.